The maximum absolute atomic E-state index is 12.2. The van der Waals surface area contributed by atoms with E-state index in [1.165, 1.54) is 0 Å². The Morgan fingerprint density at radius 2 is 1.61 bits per heavy atom. The van der Waals surface area contributed by atoms with E-state index >= 15 is 0 Å². The largest absolute Gasteiger partial charge is 0.393 e. The molecule has 0 aromatic heterocycles. The maximum atomic E-state index is 12.2. The minimum Gasteiger partial charge on any atom is -0.393 e. The van der Waals surface area contributed by atoms with E-state index in [1.54, 1.807) is 0 Å². The van der Waals surface area contributed by atoms with Crippen molar-refractivity contribution >= 4 is 0 Å². The lowest BCUT2D eigenvalue weighted by Gasteiger charge is -2.63. The molecule has 6 rings (SSSR count). The minimum absolute atomic E-state index is 0.0132. The van der Waals surface area contributed by atoms with Crippen LogP contribution in [-0.4, -0.2) is 50.6 Å². The lowest BCUT2D eigenvalue weighted by atomic mass is 9.43. The van der Waals surface area contributed by atoms with Crippen molar-refractivity contribution in [3.8, 4) is 0 Å². The van der Waals surface area contributed by atoms with Gasteiger partial charge in [-0.25, -0.2) is 0 Å². The maximum Gasteiger partial charge on any atom is 0.198 e. The summed E-state index contributed by atoms with van der Waals surface area (Å²) in [7, 11) is 0. The molecule has 0 radical (unpaired) electrons. The lowest BCUT2D eigenvalue weighted by molar-refractivity contribution is -0.300. The van der Waals surface area contributed by atoms with Crippen LogP contribution in [0.5, 0.6) is 0 Å². The molecule has 1 spiro atoms. The van der Waals surface area contributed by atoms with Crippen LogP contribution < -0.4 is 0 Å². The molecule has 188 valence electrons. The van der Waals surface area contributed by atoms with Gasteiger partial charge in [0.2, 0.25) is 0 Å². The van der Waals surface area contributed by atoms with Crippen LogP contribution >= 0.6 is 0 Å². The van der Waals surface area contributed by atoms with E-state index < -0.39 is 11.4 Å². The Bertz CT molecular complexity index is 825. The second-order valence-electron chi connectivity index (χ2n) is 14.4. The third kappa shape index (κ3) is 2.78. The van der Waals surface area contributed by atoms with Crippen molar-refractivity contribution < 1.29 is 24.8 Å². The van der Waals surface area contributed by atoms with Gasteiger partial charge in [-0.3, -0.25) is 0 Å². The molecular formula is C28H46O5. The first kappa shape index (κ1) is 23.2. The van der Waals surface area contributed by atoms with Gasteiger partial charge >= 0.3 is 0 Å². The predicted molar refractivity (Wildman–Crippen MR) is 125 cm³/mol. The van der Waals surface area contributed by atoms with Gasteiger partial charge in [-0.15, -0.1) is 0 Å². The predicted octanol–water partition coefficient (Wildman–Crippen LogP) is 4.27. The number of hydrogen-bond acceptors (Lipinski definition) is 5. The molecular weight excluding hydrogens is 416 g/mol. The second kappa shape index (κ2) is 6.76. The molecule has 3 N–H and O–H groups in total. The number of ether oxygens (including phenoxy) is 2. The van der Waals surface area contributed by atoms with Crippen LogP contribution in [0.3, 0.4) is 0 Å². The van der Waals surface area contributed by atoms with E-state index in [2.05, 4.69) is 34.6 Å². The standard InChI is InChI=1S/C28H46O5/c1-15-13-28(33-24(15,2)3)27(6,31)23-21(32-28)12-19-18-8-7-16-11-17(29)9-10-25(16,4)22(18)20(30)14-26(19,23)5/h15-23,29-31H,7-14H2,1-6H3/t15-,16-,17-,18-,19-,20-,21-,22+,23-,25-,26-,27+,28+/m0/s1. The van der Waals surface area contributed by atoms with E-state index in [9.17, 15) is 15.3 Å². The van der Waals surface area contributed by atoms with Gasteiger partial charge in [-0.1, -0.05) is 20.8 Å². The van der Waals surface area contributed by atoms with Crippen LogP contribution in [-0.2, 0) is 9.47 Å². The summed E-state index contributed by atoms with van der Waals surface area (Å²) in [6.07, 6.45) is 6.94. The Labute approximate surface area is 199 Å². The number of rotatable bonds is 0. The van der Waals surface area contributed by atoms with E-state index in [1.807, 2.05) is 6.92 Å². The van der Waals surface area contributed by atoms with Gasteiger partial charge in [-0.2, -0.15) is 0 Å². The smallest absolute Gasteiger partial charge is 0.198 e. The van der Waals surface area contributed by atoms with Gasteiger partial charge < -0.3 is 24.8 Å². The summed E-state index contributed by atoms with van der Waals surface area (Å²) >= 11 is 0. The highest BCUT2D eigenvalue weighted by atomic mass is 16.7. The molecule has 5 heteroatoms. The summed E-state index contributed by atoms with van der Waals surface area (Å²) < 4.78 is 13.3. The molecule has 5 nitrogen and oxygen atoms in total. The zero-order valence-electron chi connectivity index (χ0n) is 21.5. The van der Waals surface area contributed by atoms with E-state index in [0.717, 1.165) is 51.4 Å². The van der Waals surface area contributed by atoms with Crippen LogP contribution in [0, 0.1) is 46.3 Å². The fourth-order valence-corrected chi connectivity index (χ4v) is 10.7. The molecule has 0 aromatic carbocycles. The summed E-state index contributed by atoms with van der Waals surface area (Å²) in [4.78, 5) is 0. The van der Waals surface area contributed by atoms with Crippen molar-refractivity contribution in [2.45, 2.75) is 128 Å². The molecule has 2 aliphatic heterocycles. The van der Waals surface area contributed by atoms with Crippen molar-refractivity contribution in [2.75, 3.05) is 0 Å². The number of aliphatic hydroxyl groups excluding tert-OH is 2. The van der Waals surface area contributed by atoms with Crippen molar-refractivity contribution in [3.63, 3.8) is 0 Å². The highest BCUT2D eigenvalue weighted by Crippen LogP contribution is 2.72. The highest BCUT2D eigenvalue weighted by Gasteiger charge is 2.77. The van der Waals surface area contributed by atoms with Crippen LogP contribution in [0.2, 0.25) is 0 Å². The molecule has 4 aliphatic carbocycles. The normalized spacial score (nSPS) is 63.7. The average molecular weight is 463 g/mol. The zero-order chi connectivity index (χ0) is 23.8. The fourth-order valence-electron chi connectivity index (χ4n) is 10.7. The second-order valence-corrected chi connectivity index (χ2v) is 14.4. The van der Waals surface area contributed by atoms with E-state index in [-0.39, 0.29) is 40.7 Å². The molecule has 2 heterocycles. The first-order valence-corrected chi connectivity index (χ1v) is 13.7. The van der Waals surface area contributed by atoms with Gasteiger partial charge in [-0.05, 0) is 106 Å². The van der Waals surface area contributed by atoms with Gasteiger partial charge in [0.15, 0.2) is 5.79 Å². The third-order valence-corrected chi connectivity index (χ3v) is 12.5. The molecule has 13 atom stereocenters. The van der Waals surface area contributed by atoms with Crippen LogP contribution in [0.4, 0.5) is 0 Å². The zero-order valence-corrected chi connectivity index (χ0v) is 21.5. The molecule has 6 fully saturated rings. The number of hydrogen-bond donors (Lipinski definition) is 3. The first-order valence-electron chi connectivity index (χ1n) is 13.7. The molecule has 2 saturated heterocycles. The van der Waals surface area contributed by atoms with Crippen LogP contribution in [0.15, 0.2) is 0 Å². The Hall–Kier alpha value is -0.200. The Morgan fingerprint density at radius 1 is 0.879 bits per heavy atom. The quantitative estimate of drug-likeness (QED) is 0.501. The lowest BCUT2D eigenvalue weighted by Crippen LogP contribution is -2.62. The summed E-state index contributed by atoms with van der Waals surface area (Å²) in [5, 5.41) is 34.2. The minimum atomic E-state index is -1.08. The van der Waals surface area contributed by atoms with E-state index in [0.29, 0.717) is 29.6 Å². The summed E-state index contributed by atoms with van der Waals surface area (Å²) in [5.74, 6) is 1.08. The van der Waals surface area contributed by atoms with Crippen molar-refractivity contribution in [3.05, 3.63) is 0 Å². The fraction of sp³-hybridized carbons (Fsp3) is 1.00. The van der Waals surface area contributed by atoms with Crippen LogP contribution in [0.25, 0.3) is 0 Å². The van der Waals surface area contributed by atoms with Crippen molar-refractivity contribution in [1.82, 2.24) is 0 Å². The SMILES string of the molecule is C[C@H]1C[C@@]2(O[C@H]3C[C@H]4[C@@H]5CC[C@H]6C[C@@H](O)CC[C@]6(C)[C@H]5[C@@H](O)C[C@]4(C)[C@H]3[C@@]2(C)O)OC1(C)C. The first-order chi connectivity index (χ1) is 15.3. The molecule has 0 aromatic rings. The number of fused-ring (bicyclic) bond motifs is 7. The van der Waals surface area contributed by atoms with Gasteiger partial charge in [0, 0.05) is 12.3 Å². The summed E-state index contributed by atoms with van der Waals surface area (Å²) in [5.41, 5.74) is -1.45. The highest BCUT2D eigenvalue weighted by molar-refractivity contribution is 5.22. The van der Waals surface area contributed by atoms with Gasteiger partial charge in [0.1, 0.15) is 5.60 Å². The van der Waals surface area contributed by atoms with Crippen molar-refractivity contribution in [1.29, 1.82) is 0 Å². The third-order valence-electron chi connectivity index (χ3n) is 12.5. The number of aliphatic hydroxyl groups is 3. The van der Waals surface area contributed by atoms with E-state index in [4.69, 9.17) is 9.47 Å². The van der Waals surface area contributed by atoms with Gasteiger partial charge in [0.05, 0.1) is 23.9 Å². The average Bonchev–Trinajstić information content (AvgIpc) is 3.20. The monoisotopic (exact) mass is 462 g/mol. The topological polar surface area (TPSA) is 79.2 Å². The molecule has 0 bridgehead atoms. The summed E-state index contributed by atoms with van der Waals surface area (Å²) in [6, 6.07) is 0. The summed E-state index contributed by atoms with van der Waals surface area (Å²) in [6.45, 7) is 13.1. The molecule has 0 amide bonds. The molecule has 6 aliphatic rings. The molecule has 0 unspecified atom stereocenters. The molecule has 33 heavy (non-hydrogen) atoms. The Balaban J connectivity index is 1.34. The Morgan fingerprint density at radius 3 is 2.27 bits per heavy atom. The van der Waals surface area contributed by atoms with Crippen molar-refractivity contribution in [2.24, 2.45) is 46.3 Å². The van der Waals surface area contributed by atoms with Crippen LogP contribution in [0.1, 0.15) is 92.9 Å². The molecule has 4 saturated carbocycles. The Kier molecular flexibility index (Phi) is 4.76. The van der Waals surface area contributed by atoms with Gasteiger partial charge in [0.25, 0.3) is 0 Å².